The standard InChI is InChI=1S/C13H22O3Si/c1-10(13(3,15)11(2)14)9-17(4,5)12-7-6-8-16-12/h6-9,11,14-15H,1-5H3/t11-,13?/m0/s1. The van der Waals surface area contributed by atoms with Crippen molar-refractivity contribution in [3.8, 4) is 0 Å². The van der Waals surface area contributed by atoms with Gasteiger partial charge in [0.05, 0.1) is 17.8 Å². The summed E-state index contributed by atoms with van der Waals surface area (Å²) in [4.78, 5) is 0. The van der Waals surface area contributed by atoms with Crippen LogP contribution >= 0.6 is 0 Å². The molecular weight excluding hydrogens is 232 g/mol. The minimum absolute atomic E-state index is 0.792. The maximum atomic E-state index is 10.2. The topological polar surface area (TPSA) is 53.6 Å². The molecule has 4 heteroatoms. The fourth-order valence-electron chi connectivity index (χ4n) is 1.73. The molecule has 17 heavy (non-hydrogen) atoms. The van der Waals surface area contributed by atoms with Crippen molar-refractivity contribution < 1.29 is 14.6 Å². The van der Waals surface area contributed by atoms with E-state index in [1.807, 2.05) is 19.1 Å². The summed E-state index contributed by atoms with van der Waals surface area (Å²) in [6.45, 7) is 9.38. The lowest BCUT2D eigenvalue weighted by molar-refractivity contribution is -0.0237. The summed E-state index contributed by atoms with van der Waals surface area (Å²) in [5, 5.41) is 20.7. The van der Waals surface area contributed by atoms with Crippen LogP contribution in [0.4, 0.5) is 0 Å². The van der Waals surface area contributed by atoms with Crippen LogP contribution in [0.2, 0.25) is 13.1 Å². The molecule has 1 unspecified atom stereocenters. The number of furan rings is 1. The highest BCUT2D eigenvalue weighted by atomic mass is 28.3. The summed E-state index contributed by atoms with van der Waals surface area (Å²) >= 11 is 0. The average molecular weight is 254 g/mol. The summed E-state index contributed by atoms with van der Waals surface area (Å²) in [5.41, 5.74) is 1.68. The molecule has 0 bridgehead atoms. The molecule has 0 radical (unpaired) electrons. The Kier molecular flexibility index (Phi) is 4.01. The van der Waals surface area contributed by atoms with Crippen LogP contribution in [0.3, 0.4) is 0 Å². The van der Waals surface area contributed by atoms with Gasteiger partial charge in [0.15, 0.2) is 0 Å². The summed E-state index contributed by atoms with van der Waals surface area (Å²) in [6, 6.07) is 3.84. The smallest absolute Gasteiger partial charge is 0.149 e. The molecule has 0 aliphatic carbocycles. The van der Waals surface area contributed by atoms with Gasteiger partial charge < -0.3 is 14.6 Å². The van der Waals surface area contributed by atoms with Gasteiger partial charge in [0, 0.05) is 0 Å². The van der Waals surface area contributed by atoms with Gasteiger partial charge in [-0.15, -0.1) is 0 Å². The second-order valence-electron chi connectivity index (χ2n) is 5.35. The summed E-state index contributed by atoms with van der Waals surface area (Å²) in [5.74, 6) is 0. The minimum atomic E-state index is -1.85. The summed E-state index contributed by atoms with van der Waals surface area (Å²) in [7, 11) is -1.85. The van der Waals surface area contributed by atoms with Crippen LogP contribution < -0.4 is 5.38 Å². The molecule has 0 aliphatic rings. The van der Waals surface area contributed by atoms with E-state index in [0.29, 0.717) is 0 Å². The normalized spacial score (nSPS) is 18.9. The first-order valence-corrected chi connectivity index (χ1v) is 8.90. The third-order valence-electron chi connectivity index (χ3n) is 3.35. The largest absolute Gasteiger partial charge is 0.474 e. The van der Waals surface area contributed by atoms with Gasteiger partial charge in [0.1, 0.15) is 13.7 Å². The highest BCUT2D eigenvalue weighted by Crippen LogP contribution is 2.22. The predicted molar refractivity (Wildman–Crippen MR) is 71.9 cm³/mol. The van der Waals surface area contributed by atoms with Crippen molar-refractivity contribution in [3.63, 3.8) is 0 Å². The molecule has 2 atom stereocenters. The molecule has 0 saturated carbocycles. The van der Waals surface area contributed by atoms with Crippen molar-refractivity contribution in [3.05, 3.63) is 29.7 Å². The zero-order valence-corrected chi connectivity index (χ0v) is 12.2. The number of hydrogen-bond acceptors (Lipinski definition) is 3. The van der Waals surface area contributed by atoms with Gasteiger partial charge in [-0.25, -0.2) is 0 Å². The molecule has 0 aromatic carbocycles. The van der Waals surface area contributed by atoms with E-state index < -0.39 is 19.8 Å². The maximum Gasteiger partial charge on any atom is 0.149 e. The lowest BCUT2D eigenvalue weighted by Crippen LogP contribution is -2.43. The Morgan fingerprint density at radius 2 is 2.12 bits per heavy atom. The number of aliphatic hydroxyl groups excluding tert-OH is 1. The van der Waals surface area contributed by atoms with Crippen molar-refractivity contribution in [2.24, 2.45) is 0 Å². The highest BCUT2D eigenvalue weighted by Gasteiger charge is 2.32. The Morgan fingerprint density at radius 1 is 1.53 bits per heavy atom. The van der Waals surface area contributed by atoms with Gasteiger partial charge in [0.2, 0.25) is 0 Å². The average Bonchev–Trinajstić information content (AvgIpc) is 2.69. The van der Waals surface area contributed by atoms with E-state index in [4.69, 9.17) is 4.42 Å². The van der Waals surface area contributed by atoms with Gasteiger partial charge in [-0.05, 0) is 38.5 Å². The Morgan fingerprint density at radius 3 is 2.53 bits per heavy atom. The quantitative estimate of drug-likeness (QED) is 0.806. The molecular formula is C13H22O3Si. The van der Waals surface area contributed by atoms with Crippen molar-refractivity contribution >= 4 is 13.5 Å². The lowest BCUT2D eigenvalue weighted by Gasteiger charge is -2.29. The van der Waals surface area contributed by atoms with Crippen LogP contribution in [-0.2, 0) is 0 Å². The van der Waals surface area contributed by atoms with E-state index in [9.17, 15) is 10.2 Å². The van der Waals surface area contributed by atoms with Gasteiger partial charge in [0.25, 0.3) is 0 Å². The van der Waals surface area contributed by atoms with Gasteiger partial charge in [-0.3, -0.25) is 0 Å². The number of aliphatic hydroxyl groups is 2. The van der Waals surface area contributed by atoms with E-state index in [1.165, 1.54) is 0 Å². The molecule has 2 N–H and O–H groups in total. The molecule has 0 spiro atoms. The fourth-order valence-corrected chi connectivity index (χ4v) is 4.15. The molecule has 1 aromatic heterocycles. The Labute approximate surface area is 104 Å². The lowest BCUT2D eigenvalue weighted by atomic mass is 9.93. The number of rotatable bonds is 4. The molecule has 1 rings (SSSR count). The predicted octanol–water partition coefficient (Wildman–Crippen LogP) is 1.81. The van der Waals surface area contributed by atoms with Crippen LogP contribution in [0.5, 0.6) is 0 Å². The van der Waals surface area contributed by atoms with Gasteiger partial charge >= 0.3 is 0 Å². The van der Waals surface area contributed by atoms with Crippen LogP contribution in [0, 0.1) is 0 Å². The second kappa shape index (κ2) is 4.80. The second-order valence-corrected chi connectivity index (χ2v) is 9.57. The van der Waals surface area contributed by atoms with E-state index >= 15 is 0 Å². The van der Waals surface area contributed by atoms with Crippen molar-refractivity contribution in [1.82, 2.24) is 0 Å². The molecule has 0 fully saturated rings. The molecule has 1 heterocycles. The highest BCUT2D eigenvalue weighted by molar-refractivity contribution is 6.93. The molecule has 96 valence electrons. The van der Waals surface area contributed by atoms with E-state index in [0.717, 1.165) is 11.0 Å². The zero-order valence-electron chi connectivity index (χ0n) is 11.2. The molecule has 0 amide bonds. The molecule has 1 aromatic rings. The molecule has 0 saturated heterocycles. The Balaban J connectivity index is 3.03. The van der Waals surface area contributed by atoms with Crippen molar-refractivity contribution in [2.45, 2.75) is 45.6 Å². The summed E-state index contributed by atoms with van der Waals surface area (Å²) < 4.78 is 5.45. The molecule has 3 nitrogen and oxygen atoms in total. The first-order valence-electron chi connectivity index (χ1n) is 5.82. The monoisotopic (exact) mass is 254 g/mol. The van der Waals surface area contributed by atoms with E-state index in [-0.39, 0.29) is 0 Å². The maximum absolute atomic E-state index is 10.2. The van der Waals surface area contributed by atoms with Crippen molar-refractivity contribution in [2.75, 3.05) is 0 Å². The zero-order chi connectivity index (χ0) is 13.3. The van der Waals surface area contributed by atoms with Crippen LogP contribution in [0.15, 0.2) is 34.1 Å². The van der Waals surface area contributed by atoms with Gasteiger partial charge in [-0.2, -0.15) is 0 Å². The molecule has 0 aliphatic heterocycles. The first-order chi connectivity index (χ1) is 7.68. The Hall–Kier alpha value is -0.843. The minimum Gasteiger partial charge on any atom is -0.474 e. The van der Waals surface area contributed by atoms with Crippen LogP contribution in [0.25, 0.3) is 0 Å². The first kappa shape index (κ1) is 14.2. The summed E-state index contributed by atoms with van der Waals surface area (Å²) in [6.07, 6.45) is 0.875. The number of hydrogen-bond donors (Lipinski definition) is 2. The fraction of sp³-hybridized carbons (Fsp3) is 0.538. The Bertz CT molecular complexity index is 389. The van der Waals surface area contributed by atoms with Crippen LogP contribution in [-0.4, -0.2) is 30.0 Å². The third kappa shape index (κ3) is 3.09. The SMILES string of the molecule is CC(=C[Si](C)(C)c1ccco1)C(C)(O)[C@H](C)O. The third-order valence-corrected chi connectivity index (χ3v) is 6.05. The van der Waals surface area contributed by atoms with Crippen LogP contribution in [0.1, 0.15) is 20.8 Å². The van der Waals surface area contributed by atoms with Crippen molar-refractivity contribution in [1.29, 1.82) is 0 Å². The van der Waals surface area contributed by atoms with Gasteiger partial charge in [-0.1, -0.05) is 18.8 Å². The van der Waals surface area contributed by atoms with E-state index in [2.05, 4.69) is 18.8 Å². The van der Waals surface area contributed by atoms with E-state index in [1.54, 1.807) is 20.1 Å².